The van der Waals surface area contributed by atoms with Crippen LogP contribution in [0.5, 0.6) is 0 Å². The molecule has 0 aromatic carbocycles. The van der Waals surface area contributed by atoms with Gasteiger partial charge in [0.05, 0.1) is 5.25 Å². The van der Waals surface area contributed by atoms with Crippen LogP contribution in [0.1, 0.15) is 51.9 Å². The van der Waals surface area contributed by atoms with E-state index in [-0.39, 0.29) is 11.3 Å². The average molecular weight is 274 g/mol. The van der Waals surface area contributed by atoms with Crippen molar-refractivity contribution < 1.29 is 8.42 Å². The Morgan fingerprint density at radius 1 is 1.11 bits per heavy atom. The normalized spacial score (nSPS) is 29.1. The summed E-state index contributed by atoms with van der Waals surface area (Å²) in [7, 11) is -3.11. The van der Waals surface area contributed by atoms with E-state index in [1.807, 2.05) is 6.92 Å². The number of piperidine rings is 1. The van der Waals surface area contributed by atoms with Gasteiger partial charge in [-0.15, -0.1) is 0 Å². The molecule has 0 aromatic heterocycles. The maximum absolute atomic E-state index is 12.3. The van der Waals surface area contributed by atoms with E-state index in [1.165, 1.54) is 6.42 Å². The lowest BCUT2D eigenvalue weighted by Crippen LogP contribution is -2.47. The Morgan fingerprint density at radius 3 is 2.44 bits per heavy atom. The number of nitrogens with one attached hydrogen (secondary N) is 2. The summed E-state index contributed by atoms with van der Waals surface area (Å²) in [6.45, 7) is 4.02. The predicted octanol–water partition coefficient (Wildman–Crippen LogP) is 1.63. The third-order valence-electron chi connectivity index (χ3n) is 4.38. The molecule has 1 aliphatic carbocycles. The molecule has 2 aliphatic rings. The standard InChI is InChI=1S/C13H26N2O2S/c1-11(12-6-5-9-14-10-12)15-18(16,17)13-7-3-2-4-8-13/h11-15H,2-10H2,1H3. The molecule has 2 atom stereocenters. The van der Waals surface area contributed by atoms with Crippen LogP contribution < -0.4 is 10.0 Å². The highest BCUT2D eigenvalue weighted by Crippen LogP contribution is 2.24. The van der Waals surface area contributed by atoms with Gasteiger partial charge in [0, 0.05) is 6.04 Å². The fourth-order valence-electron chi connectivity index (χ4n) is 3.13. The zero-order valence-electron chi connectivity index (χ0n) is 11.3. The minimum atomic E-state index is -3.11. The molecular formula is C13H26N2O2S. The van der Waals surface area contributed by atoms with Gasteiger partial charge >= 0.3 is 0 Å². The molecule has 4 nitrogen and oxygen atoms in total. The molecule has 1 heterocycles. The monoisotopic (exact) mass is 274 g/mol. The van der Waals surface area contributed by atoms with Crippen LogP contribution in [-0.2, 0) is 10.0 Å². The van der Waals surface area contributed by atoms with Crippen molar-refractivity contribution >= 4 is 10.0 Å². The summed E-state index contributed by atoms with van der Waals surface area (Å²) in [6.07, 6.45) is 7.27. The first-order chi connectivity index (χ1) is 8.59. The molecule has 0 aromatic rings. The highest BCUT2D eigenvalue weighted by molar-refractivity contribution is 7.90. The summed E-state index contributed by atoms with van der Waals surface area (Å²) in [5.74, 6) is 0.442. The van der Waals surface area contributed by atoms with Gasteiger partial charge in [0.15, 0.2) is 0 Å². The lowest BCUT2D eigenvalue weighted by atomic mass is 9.94. The predicted molar refractivity (Wildman–Crippen MR) is 74.0 cm³/mol. The molecule has 5 heteroatoms. The van der Waals surface area contributed by atoms with Gasteiger partial charge in [0.25, 0.3) is 0 Å². The van der Waals surface area contributed by atoms with Crippen LogP contribution in [-0.4, -0.2) is 32.8 Å². The first-order valence-corrected chi connectivity index (χ1v) is 8.86. The van der Waals surface area contributed by atoms with Crippen molar-refractivity contribution in [3.63, 3.8) is 0 Å². The van der Waals surface area contributed by atoms with E-state index in [4.69, 9.17) is 0 Å². The van der Waals surface area contributed by atoms with Gasteiger partial charge in [0.1, 0.15) is 0 Å². The average Bonchev–Trinajstić information content (AvgIpc) is 2.40. The third kappa shape index (κ3) is 3.68. The lowest BCUT2D eigenvalue weighted by molar-refractivity contribution is 0.318. The third-order valence-corrected chi connectivity index (χ3v) is 6.43. The molecule has 1 aliphatic heterocycles. The van der Waals surface area contributed by atoms with Gasteiger partial charge in [-0.25, -0.2) is 13.1 Å². The van der Waals surface area contributed by atoms with Crippen molar-refractivity contribution in [2.45, 2.75) is 63.2 Å². The van der Waals surface area contributed by atoms with Crippen LogP contribution in [0.4, 0.5) is 0 Å². The zero-order valence-corrected chi connectivity index (χ0v) is 12.1. The van der Waals surface area contributed by atoms with Gasteiger partial charge in [0.2, 0.25) is 10.0 Å². The fourth-order valence-corrected chi connectivity index (χ4v) is 4.99. The molecule has 2 rings (SSSR count). The van der Waals surface area contributed by atoms with Crippen LogP contribution in [0.25, 0.3) is 0 Å². The number of sulfonamides is 1. The smallest absolute Gasteiger partial charge is 0.214 e. The number of hydrogen-bond acceptors (Lipinski definition) is 3. The minimum absolute atomic E-state index is 0.0599. The summed E-state index contributed by atoms with van der Waals surface area (Å²) in [6, 6.07) is 0.0599. The molecule has 0 bridgehead atoms. The Kier molecular flexibility index (Phi) is 5.04. The Morgan fingerprint density at radius 2 is 1.83 bits per heavy atom. The van der Waals surface area contributed by atoms with Crippen molar-refractivity contribution in [3.05, 3.63) is 0 Å². The van der Waals surface area contributed by atoms with Crippen molar-refractivity contribution in [1.29, 1.82) is 0 Å². The second-order valence-electron chi connectivity index (χ2n) is 5.82. The Balaban J connectivity index is 1.89. The Labute approximate surface area is 111 Å². The highest BCUT2D eigenvalue weighted by Gasteiger charge is 2.30. The summed E-state index contributed by atoms with van der Waals surface area (Å²) in [5.41, 5.74) is 0. The molecule has 0 amide bonds. The summed E-state index contributed by atoms with van der Waals surface area (Å²) < 4.78 is 27.5. The van der Waals surface area contributed by atoms with Gasteiger partial charge in [-0.05, 0) is 51.6 Å². The second kappa shape index (κ2) is 6.35. The summed E-state index contributed by atoms with van der Waals surface area (Å²) in [4.78, 5) is 0. The number of rotatable bonds is 4. The van der Waals surface area contributed by atoms with Crippen LogP contribution in [0, 0.1) is 5.92 Å². The lowest BCUT2D eigenvalue weighted by Gasteiger charge is -2.31. The fraction of sp³-hybridized carbons (Fsp3) is 1.00. The second-order valence-corrected chi connectivity index (χ2v) is 7.81. The summed E-state index contributed by atoms with van der Waals surface area (Å²) in [5, 5.41) is 3.20. The molecule has 1 saturated carbocycles. The van der Waals surface area contributed by atoms with Crippen molar-refractivity contribution in [1.82, 2.24) is 10.0 Å². The minimum Gasteiger partial charge on any atom is -0.316 e. The largest absolute Gasteiger partial charge is 0.316 e. The van der Waals surface area contributed by atoms with E-state index >= 15 is 0 Å². The maximum atomic E-state index is 12.3. The summed E-state index contributed by atoms with van der Waals surface area (Å²) >= 11 is 0. The molecule has 0 radical (unpaired) electrons. The van der Waals surface area contributed by atoms with E-state index < -0.39 is 10.0 Å². The van der Waals surface area contributed by atoms with Crippen LogP contribution in [0.15, 0.2) is 0 Å². The molecular weight excluding hydrogens is 248 g/mol. The molecule has 1 saturated heterocycles. The first-order valence-electron chi connectivity index (χ1n) is 7.31. The maximum Gasteiger partial charge on any atom is 0.214 e. The Bertz CT molecular complexity index is 344. The van der Waals surface area contributed by atoms with E-state index in [9.17, 15) is 8.42 Å². The highest BCUT2D eigenvalue weighted by atomic mass is 32.2. The first kappa shape index (κ1) is 14.3. The quantitative estimate of drug-likeness (QED) is 0.819. The molecule has 0 spiro atoms. The molecule has 2 fully saturated rings. The van der Waals surface area contributed by atoms with Gasteiger partial charge in [-0.1, -0.05) is 19.3 Å². The van der Waals surface area contributed by atoms with E-state index in [1.54, 1.807) is 0 Å². The number of hydrogen-bond donors (Lipinski definition) is 2. The van der Waals surface area contributed by atoms with Crippen molar-refractivity contribution in [2.24, 2.45) is 5.92 Å². The zero-order chi connectivity index (χ0) is 13.0. The van der Waals surface area contributed by atoms with E-state index in [0.717, 1.165) is 51.6 Å². The van der Waals surface area contributed by atoms with Gasteiger partial charge < -0.3 is 5.32 Å². The van der Waals surface area contributed by atoms with E-state index in [0.29, 0.717) is 5.92 Å². The molecule has 106 valence electrons. The van der Waals surface area contributed by atoms with Crippen LogP contribution in [0.3, 0.4) is 0 Å². The molecule has 2 unspecified atom stereocenters. The van der Waals surface area contributed by atoms with Crippen LogP contribution >= 0.6 is 0 Å². The van der Waals surface area contributed by atoms with Crippen molar-refractivity contribution in [3.8, 4) is 0 Å². The SMILES string of the molecule is CC(NS(=O)(=O)C1CCCCC1)C1CCCNC1. The molecule has 18 heavy (non-hydrogen) atoms. The topological polar surface area (TPSA) is 58.2 Å². The van der Waals surface area contributed by atoms with E-state index in [2.05, 4.69) is 10.0 Å². The van der Waals surface area contributed by atoms with Gasteiger partial charge in [-0.3, -0.25) is 0 Å². The van der Waals surface area contributed by atoms with Crippen molar-refractivity contribution in [2.75, 3.05) is 13.1 Å². The molecule has 2 N–H and O–H groups in total. The van der Waals surface area contributed by atoms with Crippen LogP contribution in [0.2, 0.25) is 0 Å². The van der Waals surface area contributed by atoms with Gasteiger partial charge in [-0.2, -0.15) is 0 Å². The Hall–Kier alpha value is -0.130.